The highest BCUT2D eigenvalue weighted by molar-refractivity contribution is 5.97. The molecule has 1 fully saturated rings. The number of nitrogens with zero attached hydrogens (tertiary/aromatic N) is 4. The lowest BCUT2D eigenvalue weighted by atomic mass is 10.1. The first-order valence-corrected chi connectivity index (χ1v) is 10.2. The number of hydrogen-bond acceptors (Lipinski definition) is 5. The van der Waals surface area contributed by atoms with E-state index in [4.69, 9.17) is 0 Å². The number of rotatable bonds is 6. The highest BCUT2D eigenvalue weighted by Crippen LogP contribution is 2.24. The Bertz CT molecular complexity index is 1200. The minimum atomic E-state index is -3.04. The van der Waals surface area contributed by atoms with Gasteiger partial charge in [0.1, 0.15) is 12.3 Å². The summed E-state index contributed by atoms with van der Waals surface area (Å²) in [4.78, 5) is 39.2. The number of fused-ring (bicyclic) bond motifs is 1. The van der Waals surface area contributed by atoms with Gasteiger partial charge in [0, 0.05) is 55.4 Å². The summed E-state index contributed by atoms with van der Waals surface area (Å²) in [6, 6.07) is 12.0. The van der Waals surface area contributed by atoms with E-state index in [-0.39, 0.29) is 42.5 Å². The Kier molecular flexibility index (Phi) is 6.20. The van der Waals surface area contributed by atoms with Gasteiger partial charge in [-0.05, 0) is 24.3 Å². The van der Waals surface area contributed by atoms with Crippen LogP contribution in [0.1, 0.15) is 10.4 Å². The smallest absolute Gasteiger partial charge is 0.387 e. The number of piperazine rings is 1. The van der Waals surface area contributed by atoms with Gasteiger partial charge >= 0.3 is 6.61 Å². The molecule has 3 aromatic rings. The molecule has 11 heteroatoms. The number of aromatic nitrogens is 1. The Morgan fingerprint density at radius 1 is 1.03 bits per heavy atom. The first-order chi connectivity index (χ1) is 15.8. The summed E-state index contributed by atoms with van der Waals surface area (Å²) in [6.45, 7) is -1.87. The Morgan fingerprint density at radius 2 is 1.73 bits per heavy atom. The van der Waals surface area contributed by atoms with Crippen LogP contribution in [0.3, 0.4) is 0 Å². The van der Waals surface area contributed by atoms with Crippen LogP contribution in [0.25, 0.3) is 10.9 Å². The Hall–Kier alpha value is -4.02. The first kappa shape index (κ1) is 22.2. The molecule has 1 aliphatic rings. The molecule has 2 aromatic carbocycles. The SMILES string of the molecule is O=C(Cn1ccc2cc([N+](=O)[O-])ccc21)N1CCN(C(=O)c2ccccc2OC(F)F)CC1. The third-order valence-electron chi connectivity index (χ3n) is 5.52. The van der Waals surface area contributed by atoms with Crippen molar-refractivity contribution in [1.29, 1.82) is 0 Å². The van der Waals surface area contributed by atoms with Gasteiger partial charge in [-0.2, -0.15) is 8.78 Å². The van der Waals surface area contributed by atoms with E-state index in [1.165, 1.54) is 35.2 Å². The van der Waals surface area contributed by atoms with Gasteiger partial charge in [0.15, 0.2) is 0 Å². The molecule has 9 nitrogen and oxygen atoms in total. The van der Waals surface area contributed by atoms with E-state index >= 15 is 0 Å². The Labute approximate surface area is 186 Å². The predicted octanol–water partition coefficient (Wildman–Crippen LogP) is 3.14. The maximum Gasteiger partial charge on any atom is 0.387 e. The topological polar surface area (TPSA) is 97.9 Å². The number of carbonyl (C=O) groups is 2. The number of nitro groups is 1. The number of benzene rings is 2. The molecule has 0 bridgehead atoms. The number of alkyl halides is 2. The molecule has 1 aliphatic heterocycles. The quantitative estimate of drug-likeness (QED) is 0.418. The molecule has 0 aliphatic carbocycles. The number of para-hydroxylation sites is 1. The molecule has 33 heavy (non-hydrogen) atoms. The van der Waals surface area contributed by atoms with Crippen molar-refractivity contribution >= 4 is 28.4 Å². The van der Waals surface area contributed by atoms with Crippen molar-refractivity contribution < 1.29 is 28.0 Å². The van der Waals surface area contributed by atoms with Crippen molar-refractivity contribution in [2.45, 2.75) is 13.2 Å². The zero-order valence-electron chi connectivity index (χ0n) is 17.4. The molecule has 4 rings (SSSR count). The van der Waals surface area contributed by atoms with Crippen LogP contribution in [0, 0.1) is 10.1 Å². The lowest BCUT2D eigenvalue weighted by molar-refractivity contribution is -0.384. The van der Waals surface area contributed by atoms with Crippen molar-refractivity contribution in [3.05, 3.63) is 70.4 Å². The molecule has 0 N–H and O–H groups in total. The van der Waals surface area contributed by atoms with Crippen molar-refractivity contribution in [2.24, 2.45) is 0 Å². The van der Waals surface area contributed by atoms with Gasteiger partial charge in [0.05, 0.1) is 10.5 Å². The second-order valence-electron chi connectivity index (χ2n) is 7.49. The van der Waals surface area contributed by atoms with Crippen LogP contribution >= 0.6 is 0 Å². The number of ether oxygens (including phenoxy) is 1. The summed E-state index contributed by atoms with van der Waals surface area (Å²) in [5.74, 6) is -0.772. The highest BCUT2D eigenvalue weighted by atomic mass is 19.3. The molecular formula is C22H20F2N4O5. The number of non-ortho nitro benzene ring substituents is 1. The zero-order valence-corrected chi connectivity index (χ0v) is 17.4. The van der Waals surface area contributed by atoms with Crippen LogP contribution in [0.2, 0.25) is 0 Å². The molecule has 0 atom stereocenters. The number of hydrogen-bond donors (Lipinski definition) is 0. The van der Waals surface area contributed by atoms with Crippen LogP contribution in [-0.4, -0.2) is 63.9 Å². The maximum atomic E-state index is 12.8. The van der Waals surface area contributed by atoms with E-state index < -0.39 is 17.4 Å². The van der Waals surface area contributed by atoms with Crippen molar-refractivity contribution in [3.63, 3.8) is 0 Å². The van der Waals surface area contributed by atoms with E-state index in [1.807, 2.05) is 0 Å². The molecule has 172 valence electrons. The zero-order chi connectivity index (χ0) is 23.5. The van der Waals surface area contributed by atoms with E-state index in [1.54, 1.807) is 33.9 Å². The second-order valence-corrected chi connectivity index (χ2v) is 7.49. The molecule has 2 heterocycles. The van der Waals surface area contributed by atoms with Gasteiger partial charge in [-0.15, -0.1) is 0 Å². The fourth-order valence-corrected chi connectivity index (χ4v) is 3.86. The maximum absolute atomic E-state index is 12.8. The van der Waals surface area contributed by atoms with E-state index in [2.05, 4.69) is 4.74 Å². The molecule has 0 saturated carbocycles. The number of nitro benzene ring substituents is 1. The van der Waals surface area contributed by atoms with Crippen molar-refractivity contribution in [3.8, 4) is 5.75 Å². The summed E-state index contributed by atoms with van der Waals surface area (Å²) in [5, 5.41) is 11.6. The van der Waals surface area contributed by atoms with Crippen LogP contribution in [-0.2, 0) is 11.3 Å². The third-order valence-corrected chi connectivity index (χ3v) is 5.52. The first-order valence-electron chi connectivity index (χ1n) is 10.2. The van der Waals surface area contributed by atoms with Gasteiger partial charge in [-0.1, -0.05) is 12.1 Å². The third kappa shape index (κ3) is 4.76. The summed E-state index contributed by atoms with van der Waals surface area (Å²) in [6.07, 6.45) is 1.70. The summed E-state index contributed by atoms with van der Waals surface area (Å²) in [5.41, 5.74) is 0.733. The minimum absolute atomic E-state index is 0.0205. The number of carbonyl (C=O) groups excluding carboxylic acids is 2. The van der Waals surface area contributed by atoms with Crippen LogP contribution < -0.4 is 4.74 Å². The van der Waals surface area contributed by atoms with Crippen molar-refractivity contribution in [2.75, 3.05) is 26.2 Å². The van der Waals surface area contributed by atoms with E-state index in [9.17, 15) is 28.5 Å². The van der Waals surface area contributed by atoms with E-state index in [0.717, 1.165) is 0 Å². The van der Waals surface area contributed by atoms with Crippen molar-refractivity contribution in [1.82, 2.24) is 14.4 Å². The second kappa shape index (κ2) is 9.23. The standard InChI is InChI=1S/C22H20F2N4O5/c23-22(24)33-19-4-2-1-3-17(19)21(30)26-11-9-25(10-12-26)20(29)14-27-8-7-15-13-16(28(31)32)5-6-18(15)27/h1-8,13,22H,9-12,14H2. The van der Waals surface area contributed by atoms with E-state index in [0.29, 0.717) is 24.0 Å². The number of halogens is 2. The van der Waals surface area contributed by atoms with Gasteiger partial charge in [-0.25, -0.2) is 0 Å². The molecule has 2 amide bonds. The summed E-state index contributed by atoms with van der Waals surface area (Å²) >= 11 is 0. The minimum Gasteiger partial charge on any atom is -0.434 e. The molecule has 1 aromatic heterocycles. The van der Waals surface area contributed by atoms with Gasteiger partial charge in [0.25, 0.3) is 11.6 Å². The van der Waals surface area contributed by atoms with Crippen LogP contribution in [0.15, 0.2) is 54.7 Å². The average Bonchev–Trinajstić information content (AvgIpc) is 3.20. The molecule has 0 radical (unpaired) electrons. The molecular weight excluding hydrogens is 438 g/mol. The lowest BCUT2D eigenvalue weighted by Gasteiger charge is -2.35. The summed E-state index contributed by atoms with van der Waals surface area (Å²) in [7, 11) is 0. The van der Waals surface area contributed by atoms with Crippen LogP contribution in [0.4, 0.5) is 14.5 Å². The van der Waals surface area contributed by atoms with Gasteiger partial charge in [0.2, 0.25) is 5.91 Å². The summed E-state index contributed by atoms with van der Waals surface area (Å²) < 4.78 is 31.4. The fraction of sp³-hybridized carbons (Fsp3) is 0.273. The van der Waals surface area contributed by atoms with Gasteiger partial charge in [-0.3, -0.25) is 19.7 Å². The van der Waals surface area contributed by atoms with Crippen LogP contribution in [0.5, 0.6) is 5.75 Å². The largest absolute Gasteiger partial charge is 0.434 e. The normalized spacial score (nSPS) is 14.0. The Morgan fingerprint density at radius 3 is 2.42 bits per heavy atom. The molecule has 1 saturated heterocycles. The fourth-order valence-electron chi connectivity index (χ4n) is 3.86. The Balaban J connectivity index is 1.38. The molecule has 0 unspecified atom stereocenters. The highest BCUT2D eigenvalue weighted by Gasteiger charge is 2.27. The average molecular weight is 458 g/mol. The number of amides is 2. The predicted molar refractivity (Wildman–Crippen MR) is 114 cm³/mol. The van der Waals surface area contributed by atoms with Gasteiger partial charge < -0.3 is 19.1 Å². The molecule has 0 spiro atoms. The monoisotopic (exact) mass is 458 g/mol. The lowest BCUT2D eigenvalue weighted by Crippen LogP contribution is -2.51.